The lowest BCUT2D eigenvalue weighted by molar-refractivity contribution is -0.117. The zero-order valence-electron chi connectivity index (χ0n) is 43.4. The predicted octanol–water partition coefficient (Wildman–Crippen LogP) is 8.12. The second kappa shape index (κ2) is 31.6. The van der Waals surface area contributed by atoms with Crippen molar-refractivity contribution in [3.05, 3.63) is 72.7 Å². The summed E-state index contributed by atoms with van der Waals surface area (Å²) in [6.45, 7) is 18.9. The lowest BCUT2D eigenvalue weighted by Crippen LogP contribution is -2.31. The Morgan fingerprint density at radius 3 is 2.39 bits per heavy atom. The monoisotopic (exact) mass is 979 g/mol. The van der Waals surface area contributed by atoms with Gasteiger partial charge in [0.15, 0.2) is 5.78 Å². The number of nitrogens with one attached hydrogen (secondary N) is 1. The Kier molecular flexibility index (Phi) is 26.6. The zero-order chi connectivity index (χ0) is 51.0. The van der Waals surface area contributed by atoms with Gasteiger partial charge in [0.05, 0.1) is 62.2 Å². The van der Waals surface area contributed by atoms with Gasteiger partial charge < -0.3 is 44.7 Å². The van der Waals surface area contributed by atoms with E-state index in [9.17, 15) is 34.8 Å². The van der Waals surface area contributed by atoms with E-state index in [0.717, 1.165) is 57.1 Å². The number of alkyl carbamates (subject to hydrolysis) is 1. The van der Waals surface area contributed by atoms with Gasteiger partial charge in [-0.25, -0.2) is 9.48 Å². The Morgan fingerprint density at radius 2 is 1.64 bits per heavy atom. The molecule has 14 nitrogen and oxygen atoms in total. The number of hydrogen-bond donors (Lipinski definition) is 5. The van der Waals surface area contributed by atoms with E-state index in [2.05, 4.69) is 36.1 Å². The molecule has 0 saturated heterocycles. The Bertz CT molecular complexity index is 1840. The molecule has 0 bridgehead atoms. The molecule has 1 fully saturated rings. The topological polar surface area (TPSA) is 203 Å². The van der Waals surface area contributed by atoms with E-state index in [1.807, 2.05) is 55.8 Å². The highest BCUT2D eigenvalue weighted by molar-refractivity contribution is 5.90. The quantitative estimate of drug-likeness (QED) is 0.0478. The molecule has 70 heavy (non-hydrogen) atoms. The number of amides is 1. The number of aliphatic hydroxyl groups excluding tert-OH is 4. The third-order valence-corrected chi connectivity index (χ3v) is 15.3. The second-order valence-electron chi connectivity index (χ2n) is 21.0. The minimum Gasteiger partial charge on any atom is -0.449 e. The van der Waals surface area contributed by atoms with Crippen LogP contribution in [0.2, 0.25) is 0 Å². The number of hydrogen-bond acceptors (Lipinski definition) is 12. The Balaban J connectivity index is 1.30. The molecule has 0 aromatic carbocycles. The lowest BCUT2D eigenvalue weighted by Gasteiger charge is -2.32. The van der Waals surface area contributed by atoms with Crippen LogP contribution in [0.15, 0.2) is 61.3 Å². The molecule has 0 unspecified atom stereocenters. The van der Waals surface area contributed by atoms with Crippen LogP contribution in [0, 0.1) is 59.2 Å². The summed E-state index contributed by atoms with van der Waals surface area (Å²) >= 11 is 0. The molecule has 4 rings (SSSR count). The van der Waals surface area contributed by atoms with Crippen LogP contribution in [0.4, 0.5) is 4.79 Å². The molecule has 1 aromatic heterocycles. The number of aryl methyl sites for hydroxylation is 2. The van der Waals surface area contributed by atoms with Crippen molar-refractivity contribution < 1.29 is 49.0 Å². The van der Waals surface area contributed by atoms with Gasteiger partial charge in [0.25, 0.3) is 0 Å². The third kappa shape index (κ3) is 20.7. The van der Waals surface area contributed by atoms with E-state index in [1.165, 1.54) is 5.69 Å². The molecule has 0 spiro atoms. The average Bonchev–Trinajstić information content (AvgIpc) is 3.84. The number of carbonyl (C=O) groups excluding carboxylic acids is 3. The average molecular weight is 979 g/mol. The summed E-state index contributed by atoms with van der Waals surface area (Å²) in [5, 5.41) is 57.1. The van der Waals surface area contributed by atoms with Crippen LogP contribution in [0.1, 0.15) is 130 Å². The highest BCUT2D eigenvalue weighted by Crippen LogP contribution is 2.53. The van der Waals surface area contributed by atoms with E-state index in [-0.39, 0.29) is 65.8 Å². The van der Waals surface area contributed by atoms with Crippen LogP contribution < -0.4 is 5.32 Å². The number of rotatable bonds is 20. The number of aliphatic hydroxyl groups is 4. The van der Waals surface area contributed by atoms with Gasteiger partial charge in [0.1, 0.15) is 5.78 Å². The fourth-order valence-corrected chi connectivity index (χ4v) is 10.8. The van der Waals surface area contributed by atoms with Gasteiger partial charge in [-0.2, -0.15) is 0 Å². The van der Waals surface area contributed by atoms with E-state index in [0.29, 0.717) is 89.6 Å². The van der Waals surface area contributed by atoms with Crippen LogP contribution in [0.25, 0.3) is 0 Å². The van der Waals surface area contributed by atoms with Gasteiger partial charge in [-0.1, -0.05) is 101 Å². The summed E-state index contributed by atoms with van der Waals surface area (Å²) in [5.41, 5.74) is 2.21. The number of nitrogens with zero attached hydrogens (tertiary/aromatic N) is 3. The number of Topliss-reactive ketones (excluding diaryl/α,β-unsaturated/α-hetero) is 1. The first-order chi connectivity index (χ1) is 33.6. The first kappa shape index (κ1) is 58.8. The normalized spacial score (nSPS) is 32.4. The maximum Gasteiger partial charge on any atom is 0.407 e. The number of ketones is 2. The molecule has 1 aromatic rings. The summed E-state index contributed by atoms with van der Waals surface area (Å²) in [6, 6.07) is 0. The molecule has 1 heterocycles. The van der Waals surface area contributed by atoms with Gasteiger partial charge in [-0.05, 0) is 125 Å². The van der Waals surface area contributed by atoms with Crippen LogP contribution in [0.3, 0.4) is 0 Å². The molecule has 3 aliphatic carbocycles. The molecule has 3 aliphatic rings. The summed E-state index contributed by atoms with van der Waals surface area (Å²) < 4.78 is 18.6. The highest BCUT2D eigenvalue weighted by Gasteiger charge is 2.50. The number of ether oxygens (including phenoxy) is 3. The van der Waals surface area contributed by atoms with Crippen molar-refractivity contribution >= 4 is 17.7 Å². The van der Waals surface area contributed by atoms with Crippen LogP contribution in [0.5, 0.6) is 0 Å². The Morgan fingerprint density at radius 1 is 0.900 bits per heavy atom. The van der Waals surface area contributed by atoms with Crippen molar-refractivity contribution in [2.45, 2.75) is 162 Å². The van der Waals surface area contributed by atoms with Gasteiger partial charge in [-0.3, -0.25) is 4.79 Å². The third-order valence-electron chi connectivity index (χ3n) is 15.3. The van der Waals surface area contributed by atoms with Crippen molar-refractivity contribution in [1.82, 2.24) is 20.3 Å². The molecule has 0 radical (unpaired) electrons. The van der Waals surface area contributed by atoms with Crippen LogP contribution >= 0.6 is 0 Å². The molecule has 1 amide bonds. The van der Waals surface area contributed by atoms with E-state index < -0.39 is 30.5 Å². The minimum atomic E-state index is -0.899. The minimum absolute atomic E-state index is 0.00832. The first-order valence-corrected chi connectivity index (χ1v) is 26.6. The zero-order valence-corrected chi connectivity index (χ0v) is 43.4. The summed E-state index contributed by atoms with van der Waals surface area (Å²) in [4.78, 5) is 36.8. The van der Waals surface area contributed by atoms with Gasteiger partial charge >= 0.3 is 6.09 Å². The Labute approximate surface area is 419 Å². The molecule has 5 N–H and O–H groups in total. The van der Waals surface area contributed by atoms with Crippen LogP contribution in [-0.4, -0.2) is 117 Å². The standard InChI is InChI=1S/C56H90N4O10/c1-8-9-15-39(3)49-35-45(62)19-11-10-17-44(54(65)36-46(63)22-21-40(4)55(66)41(5)34-38(2)20-27-53(64)43(49)7)18-12-13-29-60-52-26-24-48-47(23-25-51(52)58-59-60)50(48)37-70-56(67)57-28-31-69-33-32-68-30-14-16-42(6)61/h8-11,15,17,19,21-22,38-41,43-44,46-50,53-55,63-66H,1,12-14,16,18,20,23-37H2,2-7H3,(H,57,67)/b15-9-,17-10+,19-11-,22-21-/t38-,39-,40-,41-,43+,44-,46+,47-,48+,49-,50-,53+,54-,55-/m0/s1. The Hall–Kier alpha value is -3.79. The van der Waals surface area contributed by atoms with Crippen molar-refractivity contribution in [2.24, 2.45) is 59.2 Å². The lowest BCUT2D eigenvalue weighted by atomic mass is 9.75. The van der Waals surface area contributed by atoms with E-state index in [1.54, 1.807) is 31.2 Å². The number of fused-ring (bicyclic) bond motifs is 2. The number of allylic oxidation sites excluding steroid dienone is 6. The summed E-state index contributed by atoms with van der Waals surface area (Å²) in [5.74, 6) is 1.13. The summed E-state index contributed by atoms with van der Waals surface area (Å²) in [7, 11) is 0. The molecule has 14 heteroatoms. The highest BCUT2D eigenvalue weighted by atomic mass is 16.6. The largest absolute Gasteiger partial charge is 0.449 e. The second-order valence-corrected chi connectivity index (χ2v) is 21.0. The van der Waals surface area contributed by atoms with Crippen molar-refractivity contribution in [1.29, 1.82) is 0 Å². The molecule has 1 saturated carbocycles. The van der Waals surface area contributed by atoms with E-state index in [4.69, 9.17) is 14.2 Å². The molecule has 0 aliphatic heterocycles. The van der Waals surface area contributed by atoms with E-state index >= 15 is 0 Å². The first-order valence-electron chi connectivity index (χ1n) is 26.6. The number of unbranched alkanes of at least 4 members (excludes halogenated alkanes) is 1. The predicted molar refractivity (Wildman–Crippen MR) is 274 cm³/mol. The van der Waals surface area contributed by atoms with Crippen molar-refractivity contribution in [3.63, 3.8) is 0 Å². The van der Waals surface area contributed by atoms with Gasteiger partial charge in [-0.15, -0.1) is 5.10 Å². The summed E-state index contributed by atoms with van der Waals surface area (Å²) in [6.07, 6.45) is 22.7. The number of carbonyl (C=O) groups is 3. The van der Waals surface area contributed by atoms with Gasteiger partial charge in [0, 0.05) is 50.8 Å². The molecule has 394 valence electrons. The van der Waals surface area contributed by atoms with Gasteiger partial charge in [0.2, 0.25) is 0 Å². The maximum atomic E-state index is 13.4. The smallest absolute Gasteiger partial charge is 0.407 e. The number of aromatic nitrogens is 3. The SMILES string of the molecule is C=C/C=C\[C@H](C)[C@@H]1CC(=O)/C=C\C=C\[C@@H](CCCCn2nnc3c2CC[C@@H]2[C@H](CC3)[C@@H]2COC(=O)NCCOCCOCCCC(C)=O)[C@@H](O)C[C@H](O)/C=C\[C@H](C)[C@H](O)[C@@H](C)C[C@@H](C)CC[C@@H](O)[C@@H]1C. The fourth-order valence-electron chi connectivity index (χ4n) is 10.8. The van der Waals surface area contributed by atoms with Crippen LogP contribution in [-0.2, 0) is 43.2 Å². The maximum absolute atomic E-state index is 13.4. The molecule has 14 atom stereocenters. The molecular formula is C56H90N4O10. The fraction of sp³-hybridized carbons (Fsp3) is 0.732. The van der Waals surface area contributed by atoms with Crippen molar-refractivity contribution in [3.8, 4) is 0 Å². The van der Waals surface area contributed by atoms with Crippen molar-refractivity contribution in [2.75, 3.05) is 39.6 Å². The molecular weight excluding hydrogens is 889 g/mol.